The van der Waals surface area contributed by atoms with Gasteiger partial charge in [0.25, 0.3) is 0 Å². The minimum absolute atomic E-state index is 0.0686. The van der Waals surface area contributed by atoms with Gasteiger partial charge in [-0.15, -0.1) is 0 Å². The number of nitrogens with zero attached hydrogens (tertiary/aromatic N) is 4. The van der Waals surface area contributed by atoms with Crippen molar-refractivity contribution >= 4 is 44.8 Å². The number of hydrazine groups is 1. The van der Waals surface area contributed by atoms with E-state index in [-0.39, 0.29) is 6.04 Å². The Morgan fingerprint density at radius 1 is 0.464 bits per heavy atom. The molecule has 2 aliphatic heterocycles. The van der Waals surface area contributed by atoms with E-state index in [1.165, 1.54) is 38.7 Å². The van der Waals surface area contributed by atoms with E-state index in [0.717, 1.165) is 50.4 Å². The van der Waals surface area contributed by atoms with E-state index in [4.69, 9.17) is 9.97 Å². The number of benzene rings is 7. The summed E-state index contributed by atoms with van der Waals surface area (Å²) in [5.41, 5.74) is 19.4. The molecule has 5 nitrogen and oxygen atoms in total. The largest absolute Gasteiger partial charge is 0.278 e. The highest BCUT2D eigenvalue weighted by molar-refractivity contribution is 6.09. The second kappa shape index (κ2) is 13.2. The lowest BCUT2D eigenvalue weighted by Gasteiger charge is -2.31. The lowest BCUT2D eigenvalue weighted by atomic mass is 9.88. The number of nitrogens with one attached hydrogen (secondary N) is 1. The van der Waals surface area contributed by atoms with Crippen molar-refractivity contribution < 1.29 is 0 Å². The highest BCUT2D eigenvalue weighted by atomic mass is 15.6. The lowest BCUT2D eigenvalue weighted by molar-refractivity contribution is 0.405. The molecule has 0 fully saturated rings. The first-order valence-corrected chi connectivity index (χ1v) is 19.0. The quantitative estimate of drug-likeness (QED) is 0.186. The van der Waals surface area contributed by atoms with Crippen LogP contribution < -0.4 is 5.43 Å². The molecule has 2 aromatic heterocycles. The van der Waals surface area contributed by atoms with Gasteiger partial charge in [-0.25, -0.2) is 15.4 Å². The van der Waals surface area contributed by atoms with Crippen molar-refractivity contribution in [2.45, 2.75) is 6.04 Å². The summed E-state index contributed by atoms with van der Waals surface area (Å²) in [5.74, 6) is 0.645. The SMILES string of the molecule is C1=C(c2ccccc2)N2NC(c3ccccc3)C(c3ccc(-c4cc(-c5ccccc5)nc(-n5c6ccccc6c6ccccc65)n4)cc3)=C2c2ccccc21. The number of aromatic nitrogens is 3. The third-order valence-corrected chi connectivity index (χ3v) is 11.0. The second-order valence-electron chi connectivity index (χ2n) is 14.3. The molecule has 0 aliphatic carbocycles. The van der Waals surface area contributed by atoms with Gasteiger partial charge < -0.3 is 0 Å². The zero-order valence-corrected chi connectivity index (χ0v) is 30.4. The van der Waals surface area contributed by atoms with Crippen molar-refractivity contribution in [1.82, 2.24) is 25.0 Å². The van der Waals surface area contributed by atoms with Crippen molar-refractivity contribution in [3.63, 3.8) is 0 Å². The summed E-state index contributed by atoms with van der Waals surface area (Å²) < 4.78 is 2.20. The maximum absolute atomic E-state index is 5.31. The van der Waals surface area contributed by atoms with Gasteiger partial charge in [0.15, 0.2) is 0 Å². The van der Waals surface area contributed by atoms with Crippen LogP contribution in [0.2, 0.25) is 0 Å². The standard InChI is InChI=1S/C51H35N5/c1-4-16-34(17-5-1)43-33-44(53-51(52-43)55-45-26-14-12-24-41(45)42-25-13-15-27-46(42)55)35-28-30-37(31-29-35)48-49(38-20-8-3-9-21-38)54-56-47(36-18-6-2-7-19-36)32-39-22-10-11-23-40(39)50(48)56/h1-33,49,54H. The molecule has 56 heavy (non-hydrogen) atoms. The third kappa shape index (κ3) is 5.29. The predicted octanol–water partition coefficient (Wildman–Crippen LogP) is 11.8. The molecule has 0 radical (unpaired) electrons. The van der Waals surface area contributed by atoms with E-state index in [1.54, 1.807) is 0 Å². The van der Waals surface area contributed by atoms with Crippen LogP contribution >= 0.6 is 0 Å². The Morgan fingerprint density at radius 2 is 0.982 bits per heavy atom. The highest BCUT2D eigenvalue weighted by Gasteiger charge is 2.38. The predicted molar refractivity (Wildman–Crippen MR) is 229 cm³/mol. The van der Waals surface area contributed by atoms with Gasteiger partial charge >= 0.3 is 0 Å². The first-order chi connectivity index (χ1) is 27.8. The maximum atomic E-state index is 5.31. The van der Waals surface area contributed by atoms with Crippen LogP contribution in [0.3, 0.4) is 0 Å². The van der Waals surface area contributed by atoms with Crippen LogP contribution in [0.25, 0.3) is 73.3 Å². The van der Waals surface area contributed by atoms with Gasteiger partial charge in [-0.3, -0.25) is 9.58 Å². The van der Waals surface area contributed by atoms with Gasteiger partial charge in [0, 0.05) is 33.0 Å². The molecule has 9 aromatic rings. The number of fused-ring (bicyclic) bond motifs is 6. The third-order valence-electron chi connectivity index (χ3n) is 11.0. The summed E-state index contributed by atoms with van der Waals surface area (Å²) in [6.45, 7) is 0. The van der Waals surface area contributed by atoms with Crippen molar-refractivity contribution in [3.8, 4) is 28.5 Å². The van der Waals surface area contributed by atoms with Gasteiger partial charge in [0.05, 0.1) is 39.9 Å². The summed E-state index contributed by atoms with van der Waals surface area (Å²) in [5, 5.41) is 4.66. The molecule has 5 heteroatoms. The fraction of sp³-hybridized carbons (Fsp3) is 0.0196. The summed E-state index contributed by atoms with van der Waals surface area (Å²) in [7, 11) is 0. The number of hydrogen-bond acceptors (Lipinski definition) is 4. The summed E-state index contributed by atoms with van der Waals surface area (Å²) in [6.07, 6.45) is 2.30. The number of para-hydroxylation sites is 2. The van der Waals surface area contributed by atoms with Crippen molar-refractivity contribution in [3.05, 3.63) is 222 Å². The molecule has 11 rings (SSSR count). The van der Waals surface area contributed by atoms with Gasteiger partial charge in [-0.2, -0.15) is 0 Å². The molecule has 0 amide bonds. The van der Waals surface area contributed by atoms with Gasteiger partial charge in [-0.05, 0) is 46.5 Å². The molecule has 1 N–H and O–H groups in total. The van der Waals surface area contributed by atoms with E-state index in [1.807, 2.05) is 6.07 Å². The van der Waals surface area contributed by atoms with Gasteiger partial charge in [0.2, 0.25) is 5.95 Å². The zero-order chi connectivity index (χ0) is 37.0. The average molecular weight is 718 g/mol. The molecule has 1 atom stereocenters. The molecule has 0 saturated heterocycles. The number of rotatable bonds is 6. The number of hydrogen-bond donors (Lipinski definition) is 1. The normalized spacial score (nSPS) is 14.9. The minimum Gasteiger partial charge on any atom is -0.278 e. The Balaban J connectivity index is 1.09. The molecule has 2 aliphatic rings. The van der Waals surface area contributed by atoms with Crippen LogP contribution in [0.4, 0.5) is 0 Å². The molecule has 4 heterocycles. The maximum Gasteiger partial charge on any atom is 0.235 e. The van der Waals surface area contributed by atoms with E-state index in [2.05, 4.69) is 209 Å². The Hall–Kier alpha value is -7.34. The summed E-state index contributed by atoms with van der Waals surface area (Å²) in [4.78, 5) is 10.5. The van der Waals surface area contributed by atoms with Crippen LogP contribution in [0.1, 0.15) is 33.9 Å². The fourth-order valence-electron chi connectivity index (χ4n) is 8.43. The molecule has 7 aromatic carbocycles. The highest BCUT2D eigenvalue weighted by Crippen LogP contribution is 2.49. The monoisotopic (exact) mass is 717 g/mol. The van der Waals surface area contributed by atoms with Crippen LogP contribution in [-0.4, -0.2) is 19.5 Å². The minimum atomic E-state index is -0.0686. The molecule has 0 saturated carbocycles. The Morgan fingerprint density at radius 3 is 1.64 bits per heavy atom. The van der Waals surface area contributed by atoms with Crippen molar-refractivity contribution in [2.24, 2.45) is 0 Å². The van der Waals surface area contributed by atoms with Crippen molar-refractivity contribution in [2.75, 3.05) is 0 Å². The van der Waals surface area contributed by atoms with Gasteiger partial charge in [-0.1, -0.05) is 176 Å². The van der Waals surface area contributed by atoms with Crippen LogP contribution in [0.5, 0.6) is 0 Å². The molecule has 1 unspecified atom stereocenters. The molecule has 0 spiro atoms. The van der Waals surface area contributed by atoms with Crippen molar-refractivity contribution in [1.29, 1.82) is 0 Å². The topological polar surface area (TPSA) is 46.0 Å². The first-order valence-electron chi connectivity index (χ1n) is 19.0. The van der Waals surface area contributed by atoms with Gasteiger partial charge in [0.1, 0.15) is 0 Å². The first kappa shape index (κ1) is 32.1. The van der Waals surface area contributed by atoms with Crippen LogP contribution in [0, 0.1) is 0 Å². The van der Waals surface area contributed by atoms with Crippen LogP contribution in [-0.2, 0) is 0 Å². The van der Waals surface area contributed by atoms with E-state index >= 15 is 0 Å². The smallest absolute Gasteiger partial charge is 0.235 e. The Kier molecular flexibility index (Phi) is 7.57. The van der Waals surface area contributed by atoms with Crippen LogP contribution in [0.15, 0.2) is 194 Å². The molecular formula is C51H35N5. The zero-order valence-electron chi connectivity index (χ0n) is 30.4. The summed E-state index contributed by atoms with van der Waals surface area (Å²) >= 11 is 0. The average Bonchev–Trinajstić information content (AvgIpc) is 3.84. The second-order valence-corrected chi connectivity index (χ2v) is 14.3. The lowest BCUT2D eigenvalue weighted by Crippen LogP contribution is -2.33. The Labute approximate surface area is 325 Å². The fourth-order valence-corrected chi connectivity index (χ4v) is 8.43. The van der Waals surface area contributed by atoms with E-state index < -0.39 is 0 Å². The Bertz CT molecular complexity index is 2930. The molecular weight excluding hydrogens is 683 g/mol. The summed E-state index contributed by atoms with van der Waals surface area (Å²) in [6, 6.07) is 68.5. The van der Waals surface area contributed by atoms with E-state index in [9.17, 15) is 0 Å². The molecule has 0 bridgehead atoms. The molecule has 264 valence electrons. The van der Waals surface area contributed by atoms with E-state index in [0.29, 0.717) is 5.95 Å².